The maximum Gasteiger partial charge on any atom is 0.164 e. The van der Waals surface area contributed by atoms with Gasteiger partial charge in [0, 0.05) is 47.6 Å². The van der Waals surface area contributed by atoms with E-state index in [4.69, 9.17) is 58.6 Å². The predicted molar refractivity (Wildman–Crippen MR) is 234 cm³/mol. The van der Waals surface area contributed by atoms with Gasteiger partial charge in [-0.1, -0.05) is 120 Å². The van der Waals surface area contributed by atoms with Gasteiger partial charge in [-0.05, 0) is 46.5 Å². The van der Waals surface area contributed by atoms with Crippen molar-refractivity contribution in [1.82, 2.24) is 15.0 Å². The molecule has 0 aliphatic rings. The lowest BCUT2D eigenvalue weighted by Crippen LogP contribution is -2.55. The number of rotatable bonds is 5. The molecular formula is C45H22B5N3OS. The normalized spacial score (nSPS) is 11.6. The minimum absolute atomic E-state index is 0.173. The van der Waals surface area contributed by atoms with Crippen molar-refractivity contribution in [3.8, 4) is 56.4 Å². The van der Waals surface area contributed by atoms with Crippen molar-refractivity contribution in [2.45, 2.75) is 0 Å². The van der Waals surface area contributed by atoms with Crippen LogP contribution in [0.4, 0.5) is 0 Å². The van der Waals surface area contributed by atoms with Crippen LogP contribution in [-0.4, -0.2) is 54.2 Å². The van der Waals surface area contributed by atoms with Crippen LogP contribution in [0.5, 0.6) is 0 Å². The van der Waals surface area contributed by atoms with E-state index < -0.39 is 0 Å². The van der Waals surface area contributed by atoms with Crippen molar-refractivity contribution in [2.24, 2.45) is 0 Å². The van der Waals surface area contributed by atoms with E-state index in [2.05, 4.69) is 60.7 Å². The predicted octanol–water partition coefficient (Wildman–Crippen LogP) is 6.44. The van der Waals surface area contributed by atoms with E-state index in [-0.39, 0.29) is 27.3 Å². The van der Waals surface area contributed by atoms with Crippen molar-refractivity contribution in [2.75, 3.05) is 0 Å². The number of furan rings is 1. The van der Waals surface area contributed by atoms with E-state index >= 15 is 0 Å². The van der Waals surface area contributed by atoms with Gasteiger partial charge in [-0.3, -0.25) is 0 Å². The third-order valence-corrected chi connectivity index (χ3v) is 11.5. The molecule has 3 aromatic heterocycles. The van der Waals surface area contributed by atoms with Crippen molar-refractivity contribution < 1.29 is 4.42 Å². The van der Waals surface area contributed by atoms with Gasteiger partial charge >= 0.3 is 0 Å². The molecule has 55 heavy (non-hydrogen) atoms. The summed E-state index contributed by atoms with van der Waals surface area (Å²) < 4.78 is 9.09. The average molecular weight is 707 g/mol. The minimum atomic E-state index is 0.173. The van der Waals surface area contributed by atoms with E-state index in [0.29, 0.717) is 23.0 Å². The highest BCUT2D eigenvalue weighted by Crippen LogP contribution is 2.42. The van der Waals surface area contributed by atoms with Gasteiger partial charge in [0.15, 0.2) is 17.5 Å². The fourth-order valence-corrected chi connectivity index (χ4v) is 8.68. The van der Waals surface area contributed by atoms with Crippen molar-refractivity contribution in [3.05, 3.63) is 133 Å². The quantitative estimate of drug-likeness (QED) is 0.194. The Morgan fingerprint density at radius 2 is 1.00 bits per heavy atom. The lowest BCUT2D eigenvalue weighted by molar-refractivity contribution is 0.669. The van der Waals surface area contributed by atoms with Crippen LogP contribution in [0.2, 0.25) is 0 Å². The van der Waals surface area contributed by atoms with E-state index in [9.17, 15) is 0 Å². The number of hydrogen-bond donors (Lipinski definition) is 0. The zero-order valence-electron chi connectivity index (χ0n) is 29.2. The van der Waals surface area contributed by atoms with Crippen molar-refractivity contribution in [3.63, 3.8) is 0 Å². The summed E-state index contributed by atoms with van der Waals surface area (Å²) >= 11 is 1.82. The second-order valence-corrected chi connectivity index (χ2v) is 14.5. The fraction of sp³-hybridized carbons (Fsp3) is 0. The Balaban J connectivity index is 1.11. The zero-order valence-corrected chi connectivity index (χ0v) is 30.1. The molecule has 0 saturated heterocycles. The molecule has 10 heteroatoms. The Hall–Kier alpha value is -6.11. The van der Waals surface area contributed by atoms with E-state index in [1.807, 2.05) is 84.1 Å². The van der Waals surface area contributed by atoms with Crippen LogP contribution in [-0.2, 0) is 0 Å². The van der Waals surface area contributed by atoms with E-state index in [0.717, 1.165) is 49.8 Å². The number of nitrogens with zero attached hydrogens (tertiary/aromatic N) is 3. The van der Waals surface area contributed by atoms with Gasteiger partial charge < -0.3 is 4.42 Å². The molecule has 3 heterocycles. The second kappa shape index (κ2) is 13.0. The first-order chi connectivity index (χ1) is 26.8. The van der Waals surface area contributed by atoms with Crippen LogP contribution in [0.25, 0.3) is 98.5 Å². The maximum atomic E-state index is 6.56. The van der Waals surface area contributed by atoms with Crippen LogP contribution in [0.1, 0.15) is 0 Å². The van der Waals surface area contributed by atoms with Crippen molar-refractivity contribution in [1.29, 1.82) is 0 Å². The number of fused-ring (bicyclic) bond motifs is 6. The third kappa shape index (κ3) is 5.46. The first-order valence-electron chi connectivity index (χ1n) is 17.6. The molecule has 0 saturated carbocycles. The van der Waals surface area contributed by atoms with E-state index in [1.165, 1.54) is 25.7 Å². The molecule has 7 aromatic carbocycles. The summed E-state index contributed by atoms with van der Waals surface area (Å²) in [6, 6.07) is 45.0. The van der Waals surface area contributed by atoms with Crippen LogP contribution in [0.15, 0.2) is 138 Å². The summed E-state index contributed by atoms with van der Waals surface area (Å²) in [7, 11) is 31.1. The lowest BCUT2D eigenvalue weighted by atomic mass is 9.59. The van der Waals surface area contributed by atoms with Gasteiger partial charge in [-0.15, -0.1) is 27.7 Å². The molecule has 244 valence electrons. The van der Waals surface area contributed by atoms with Crippen molar-refractivity contribution >= 4 is 120 Å². The smallest absolute Gasteiger partial charge is 0.164 e. The summed E-state index contributed by atoms with van der Waals surface area (Å²) in [6.07, 6.45) is 0. The Morgan fingerprint density at radius 3 is 1.76 bits per heavy atom. The van der Waals surface area contributed by atoms with Crippen LogP contribution >= 0.6 is 11.3 Å². The van der Waals surface area contributed by atoms with Gasteiger partial charge in [0.25, 0.3) is 0 Å². The van der Waals surface area contributed by atoms with Gasteiger partial charge in [0.1, 0.15) is 50.4 Å². The number of benzene rings is 7. The standard InChI is InChI=1S/C45H22B5N3OS/c46-37-35(38(47)40(49)41(50)39(37)48)23-16-18-25(19-17-23)44-51-43(24-8-2-1-3-9-24)52-45(53-44)31-13-7-14-32-36(31)30-21-20-26(22-33(30)54-32)27-11-6-12-29-28-10-4-5-15-34(28)55-42(27)29/h1-22H. The third-order valence-electron chi connectivity index (χ3n) is 10.3. The summed E-state index contributed by atoms with van der Waals surface area (Å²) in [5, 5.41) is 4.43. The molecule has 0 unspecified atom stereocenters. The molecule has 0 aliphatic heterocycles. The zero-order chi connectivity index (χ0) is 37.4. The fourth-order valence-electron chi connectivity index (χ4n) is 7.44. The van der Waals surface area contributed by atoms with Crippen LogP contribution < -0.4 is 27.3 Å². The maximum absolute atomic E-state index is 6.56. The van der Waals surface area contributed by atoms with Gasteiger partial charge in [0.2, 0.25) is 0 Å². The largest absolute Gasteiger partial charge is 0.456 e. The molecule has 10 rings (SSSR count). The summed E-state index contributed by atoms with van der Waals surface area (Å²) in [5.74, 6) is 1.56. The Labute approximate surface area is 327 Å². The molecular weight excluding hydrogens is 685 g/mol. The van der Waals surface area contributed by atoms with Crippen LogP contribution in [0.3, 0.4) is 0 Å². The first kappa shape index (κ1) is 33.5. The molecule has 4 nitrogen and oxygen atoms in total. The number of thiophene rings is 1. The monoisotopic (exact) mass is 707 g/mol. The summed E-state index contributed by atoms with van der Waals surface area (Å²) in [4.78, 5) is 15.0. The summed E-state index contributed by atoms with van der Waals surface area (Å²) in [6.45, 7) is 0. The summed E-state index contributed by atoms with van der Waals surface area (Å²) in [5.41, 5.74) is 8.64. The average Bonchev–Trinajstić information content (AvgIpc) is 3.81. The molecule has 0 amide bonds. The highest BCUT2D eigenvalue weighted by molar-refractivity contribution is 7.26. The molecule has 10 aromatic rings. The molecule has 0 fully saturated rings. The molecule has 10 radical (unpaired) electrons. The Morgan fingerprint density at radius 1 is 0.418 bits per heavy atom. The Kier molecular flexibility index (Phi) is 7.93. The Bertz CT molecular complexity index is 3130. The van der Waals surface area contributed by atoms with Gasteiger partial charge in [0.05, 0.1) is 0 Å². The molecule has 0 spiro atoms. The highest BCUT2D eigenvalue weighted by Gasteiger charge is 2.20. The number of aromatic nitrogens is 3. The molecule has 0 aliphatic carbocycles. The topological polar surface area (TPSA) is 51.8 Å². The van der Waals surface area contributed by atoms with E-state index in [1.54, 1.807) is 0 Å². The first-order valence-corrected chi connectivity index (χ1v) is 18.5. The minimum Gasteiger partial charge on any atom is -0.456 e. The van der Waals surface area contributed by atoms with Gasteiger partial charge in [-0.25, -0.2) is 15.0 Å². The molecule has 0 N–H and O–H groups in total. The molecule has 0 bridgehead atoms. The lowest BCUT2D eigenvalue weighted by Gasteiger charge is -2.21. The second-order valence-electron chi connectivity index (χ2n) is 13.5. The SMILES string of the molecule is [B]c1c([B])c([B])c(-c2ccc(-c3nc(-c4ccccc4)nc(-c4cccc5oc6cc(-c7cccc8c7sc7ccccc78)ccc6c45)n3)cc2)c([B])c1[B]. The highest BCUT2D eigenvalue weighted by atomic mass is 32.1. The van der Waals surface area contributed by atoms with Gasteiger partial charge in [-0.2, -0.15) is 0 Å². The van der Waals surface area contributed by atoms with Crippen LogP contribution in [0, 0.1) is 0 Å². The number of hydrogen-bond acceptors (Lipinski definition) is 5. The molecule has 0 atom stereocenters.